The molecule has 23 heavy (non-hydrogen) atoms. The molecular weight excluding hydrogens is 328 g/mol. The summed E-state index contributed by atoms with van der Waals surface area (Å²) in [7, 11) is -4.10. The average molecular weight is 339 g/mol. The predicted octanol–water partition coefficient (Wildman–Crippen LogP) is 2.86. The Bertz CT molecular complexity index is 879. The fourth-order valence-corrected chi connectivity index (χ4v) is 2.85. The summed E-state index contributed by atoms with van der Waals surface area (Å²) >= 11 is 0. The highest BCUT2D eigenvalue weighted by molar-refractivity contribution is 7.92. The first-order valence-corrected chi connectivity index (χ1v) is 7.75. The van der Waals surface area contributed by atoms with Crippen molar-refractivity contribution in [3.05, 3.63) is 65.7 Å². The number of anilines is 1. The van der Waals surface area contributed by atoms with Crippen LogP contribution in [0.3, 0.4) is 0 Å². The Balaban J connectivity index is 2.32. The van der Waals surface area contributed by atoms with Gasteiger partial charge in [0.25, 0.3) is 10.0 Å². The molecule has 0 atom stereocenters. The molecule has 5 nitrogen and oxygen atoms in total. The van der Waals surface area contributed by atoms with Crippen LogP contribution in [0.25, 0.3) is 6.08 Å². The zero-order valence-corrected chi connectivity index (χ0v) is 12.3. The van der Waals surface area contributed by atoms with Crippen LogP contribution in [0.1, 0.15) is 5.56 Å². The van der Waals surface area contributed by atoms with Gasteiger partial charge in [-0.3, -0.25) is 4.72 Å². The molecule has 120 valence electrons. The van der Waals surface area contributed by atoms with Crippen molar-refractivity contribution in [1.82, 2.24) is 0 Å². The summed E-state index contributed by atoms with van der Waals surface area (Å²) < 4.78 is 52.8. The van der Waals surface area contributed by atoms with Crippen LogP contribution in [0.2, 0.25) is 0 Å². The standard InChI is InChI=1S/C15H11F2NO4S/c16-11-5-6-14(13(17)9-11)18-23(21,22)12-3-1-2-10(8-12)4-7-15(19)20/h1-9,18H,(H,19,20)/b7-4+. The van der Waals surface area contributed by atoms with E-state index in [4.69, 9.17) is 5.11 Å². The molecule has 0 radical (unpaired) electrons. The Morgan fingerprint density at radius 3 is 2.52 bits per heavy atom. The van der Waals surface area contributed by atoms with Crippen LogP contribution < -0.4 is 4.72 Å². The number of sulfonamides is 1. The Hall–Kier alpha value is -2.74. The number of carboxylic acid groups (broad SMARTS) is 1. The largest absolute Gasteiger partial charge is 0.478 e. The van der Waals surface area contributed by atoms with E-state index in [-0.39, 0.29) is 4.90 Å². The van der Waals surface area contributed by atoms with E-state index in [2.05, 4.69) is 0 Å². The summed E-state index contributed by atoms with van der Waals surface area (Å²) in [5.41, 5.74) is -0.0484. The van der Waals surface area contributed by atoms with Crippen molar-refractivity contribution >= 4 is 27.8 Å². The highest BCUT2D eigenvalue weighted by Crippen LogP contribution is 2.20. The summed E-state index contributed by atoms with van der Waals surface area (Å²) in [4.78, 5) is 10.3. The lowest BCUT2D eigenvalue weighted by molar-refractivity contribution is -0.131. The second-order valence-corrected chi connectivity index (χ2v) is 6.16. The first kappa shape index (κ1) is 16.6. The van der Waals surface area contributed by atoms with Gasteiger partial charge in [0, 0.05) is 12.1 Å². The summed E-state index contributed by atoms with van der Waals surface area (Å²) in [6, 6.07) is 7.87. The van der Waals surface area contributed by atoms with Gasteiger partial charge in [-0.1, -0.05) is 12.1 Å². The van der Waals surface area contributed by atoms with Crippen LogP contribution in [-0.2, 0) is 14.8 Å². The normalized spacial score (nSPS) is 11.6. The van der Waals surface area contributed by atoms with Gasteiger partial charge in [0.2, 0.25) is 0 Å². The fourth-order valence-electron chi connectivity index (χ4n) is 1.73. The van der Waals surface area contributed by atoms with Crippen LogP contribution >= 0.6 is 0 Å². The maximum Gasteiger partial charge on any atom is 0.328 e. The Morgan fingerprint density at radius 1 is 1.13 bits per heavy atom. The van der Waals surface area contributed by atoms with Crippen LogP contribution in [0.15, 0.2) is 53.4 Å². The highest BCUT2D eigenvalue weighted by atomic mass is 32.2. The number of hydrogen-bond acceptors (Lipinski definition) is 3. The first-order valence-electron chi connectivity index (χ1n) is 6.27. The number of hydrogen-bond donors (Lipinski definition) is 2. The smallest absolute Gasteiger partial charge is 0.328 e. The molecule has 0 aliphatic heterocycles. The van der Waals surface area contributed by atoms with Gasteiger partial charge in [-0.15, -0.1) is 0 Å². The molecule has 0 aromatic heterocycles. The third-order valence-corrected chi connectivity index (χ3v) is 4.13. The molecule has 0 aliphatic carbocycles. The van der Waals surface area contributed by atoms with Gasteiger partial charge >= 0.3 is 5.97 Å². The molecule has 0 bridgehead atoms. The molecule has 0 saturated heterocycles. The lowest BCUT2D eigenvalue weighted by Gasteiger charge is -2.09. The van der Waals surface area contributed by atoms with Gasteiger partial charge in [0.1, 0.15) is 11.6 Å². The minimum Gasteiger partial charge on any atom is -0.478 e. The number of aliphatic carboxylic acids is 1. The zero-order chi connectivity index (χ0) is 17.0. The highest BCUT2D eigenvalue weighted by Gasteiger charge is 2.16. The van der Waals surface area contributed by atoms with Gasteiger partial charge in [0.15, 0.2) is 0 Å². The molecule has 2 rings (SSSR count). The average Bonchev–Trinajstić information content (AvgIpc) is 2.48. The van der Waals surface area contributed by atoms with Crippen molar-refractivity contribution in [2.24, 2.45) is 0 Å². The maximum atomic E-state index is 13.5. The molecule has 0 unspecified atom stereocenters. The van der Waals surface area contributed by atoms with Crippen LogP contribution in [0.4, 0.5) is 14.5 Å². The lowest BCUT2D eigenvalue weighted by Crippen LogP contribution is -2.14. The fraction of sp³-hybridized carbons (Fsp3) is 0. The van der Waals surface area contributed by atoms with Crippen molar-refractivity contribution in [2.75, 3.05) is 4.72 Å². The third kappa shape index (κ3) is 4.36. The Morgan fingerprint density at radius 2 is 1.87 bits per heavy atom. The van der Waals surface area contributed by atoms with Crippen LogP contribution in [0.5, 0.6) is 0 Å². The Kier molecular flexibility index (Phi) is 4.75. The second kappa shape index (κ2) is 6.57. The molecule has 0 amide bonds. The van der Waals surface area contributed by atoms with E-state index in [0.717, 1.165) is 18.2 Å². The third-order valence-electron chi connectivity index (χ3n) is 2.76. The second-order valence-electron chi connectivity index (χ2n) is 4.47. The molecule has 2 aromatic rings. The summed E-state index contributed by atoms with van der Waals surface area (Å²) in [5, 5.41) is 8.56. The zero-order valence-electron chi connectivity index (χ0n) is 11.5. The molecule has 0 saturated carbocycles. The van der Waals surface area contributed by atoms with Gasteiger partial charge in [0.05, 0.1) is 10.6 Å². The summed E-state index contributed by atoms with van der Waals surface area (Å²) in [6.45, 7) is 0. The Labute approximate surface area is 130 Å². The quantitative estimate of drug-likeness (QED) is 0.821. The minimum absolute atomic E-state index is 0.186. The van der Waals surface area contributed by atoms with Crippen molar-refractivity contribution in [1.29, 1.82) is 0 Å². The number of nitrogens with one attached hydrogen (secondary N) is 1. The molecule has 0 heterocycles. The van der Waals surface area contributed by atoms with Crippen molar-refractivity contribution < 1.29 is 27.1 Å². The van der Waals surface area contributed by atoms with E-state index in [1.807, 2.05) is 4.72 Å². The molecule has 0 aliphatic rings. The number of halogens is 2. The van der Waals surface area contributed by atoms with E-state index >= 15 is 0 Å². The van der Waals surface area contributed by atoms with Gasteiger partial charge < -0.3 is 5.11 Å². The summed E-state index contributed by atoms with van der Waals surface area (Å²) in [6.07, 6.45) is 2.08. The molecule has 2 N–H and O–H groups in total. The summed E-state index contributed by atoms with van der Waals surface area (Å²) in [5.74, 6) is -3.05. The number of carbonyl (C=O) groups is 1. The van der Waals surface area contributed by atoms with Crippen LogP contribution in [0, 0.1) is 11.6 Å². The number of rotatable bonds is 5. The maximum absolute atomic E-state index is 13.5. The minimum atomic E-state index is -4.10. The lowest BCUT2D eigenvalue weighted by atomic mass is 10.2. The molecule has 8 heteroatoms. The first-order chi connectivity index (χ1) is 10.8. The predicted molar refractivity (Wildman–Crippen MR) is 80.3 cm³/mol. The van der Waals surface area contributed by atoms with Crippen molar-refractivity contribution in [3.8, 4) is 0 Å². The van der Waals surface area contributed by atoms with E-state index in [0.29, 0.717) is 11.6 Å². The topological polar surface area (TPSA) is 83.5 Å². The van der Waals surface area contributed by atoms with Crippen molar-refractivity contribution in [2.45, 2.75) is 4.90 Å². The van der Waals surface area contributed by atoms with E-state index in [9.17, 15) is 22.0 Å². The van der Waals surface area contributed by atoms with E-state index < -0.39 is 33.3 Å². The van der Waals surface area contributed by atoms with Gasteiger partial charge in [-0.2, -0.15) is 0 Å². The molecule has 0 spiro atoms. The van der Waals surface area contributed by atoms with Gasteiger partial charge in [-0.25, -0.2) is 22.0 Å². The molecular formula is C15H11F2NO4S. The molecule has 0 fully saturated rings. The SMILES string of the molecule is O=C(O)/C=C/c1cccc(S(=O)(=O)Nc2ccc(F)cc2F)c1. The molecule has 2 aromatic carbocycles. The van der Waals surface area contributed by atoms with E-state index in [1.54, 1.807) is 0 Å². The van der Waals surface area contributed by atoms with Crippen molar-refractivity contribution in [3.63, 3.8) is 0 Å². The number of carboxylic acids is 1. The monoisotopic (exact) mass is 339 g/mol. The van der Waals surface area contributed by atoms with E-state index in [1.165, 1.54) is 30.3 Å². The van der Waals surface area contributed by atoms with Gasteiger partial charge in [-0.05, 0) is 35.9 Å². The number of benzene rings is 2. The van der Waals surface area contributed by atoms with Crippen LogP contribution in [-0.4, -0.2) is 19.5 Å².